The summed E-state index contributed by atoms with van der Waals surface area (Å²) < 4.78 is 0. The van der Waals surface area contributed by atoms with Gasteiger partial charge in [-0.05, 0) is 51.5 Å². The Bertz CT molecular complexity index is 292. The van der Waals surface area contributed by atoms with E-state index in [1.165, 1.54) is 58.4 Å². The topological polar surface area (TPSA) is 32.5 Å². The third-order valence-electron chi connectivity index (χ3n) is 5.65. The van der Waals surface area contributed by atoms with Gasteiger partial charge in [0, 0.05) is 38.3 Å². The van der Waals surface area contributed by atoms with Crippen molar-refractivity contribution < 1.29 is 0 Å². The smallest absolute Gasteiger partial charge is 0.0126 e. The molecule has 1 aliphatic heterocycles. The van der Waals surface area contributed by atoms with Crippen molar-refractivity contribution in [2.24, 2.45) is 17.1 Å². The highest BCUT2D eigenvalue weighted by Gasteiger charge is 2.36. The number of nitrogens with zero attached hydrogens (tertiary/aromatic N) is 2. The van der Waals surface area contributed by atoms with Crippen molar-refractivity contribution >= 4 is 0 Å². The first-order valence-electron chi connectivity index (χ1n) is 8.52. The second kappa shape index (κ2) is 6.33. The van der Waals surface area contributed by atoms with Crippen LogP contribution in [0.5, 0.6) is 0 Å². The second-order valence-corrected chi connectivity index (χ2v) is 8.32. The molecule has 0 radical (unpaired) electrons. The lowest BCUT2D eigenvalue weighted by Gasteiger charge is -2.46. The van der Waals surface area contributed by atoms with Crippen LogP contribution in [0.3, 0.4) is 0 Å². The van der Waals surface area contributed by atoms with Crippen molar-refractivity contribution in [3.05, 3.63) is 0 Å². The van der Waals surface area contributed by atoms with Crippen LogP contribution in [0.15, 0.2) is 0 Å². The van der Waals surface area contributed by atoms with Gasteiger partial charge >= 0.3 is 0 Å². The van der Waals surface area contributed by atoms with Crippen molar-refractivity contribution in [3.8, 4) is 0 Å². The standard InChI is InChI=1S/C17H35N3/c1-15-5-7-17(13-18,8-6-15)14-19-9-11-20(12-10-19)16(2,3)4/h15H,5-14,18H2,1-4H3. The Hall–Kier alpha value is -0.120. The second-order valence-electron chi connectivity index (χ2n) is 8.32. The normalized spacial score (nSPS) is 34.4. The Balaban J connectivity index is 1.85. The number of hydrogen-bond donors (Lipinski definition) is 1. The van der Waals surface area contributed by atoms with Crippen LogP contribution >= 0.6 is 0 Å². The molecule has 1 heterocycles. The Kier molecular flexibility index (Phi) is 5.14. The first-order valence-corrected chi connectivity index (χ1v) is 8.52. The molecular weight excluding hydrogens is 246 g/mol. The summed E-state index contributed by atoms with van der Waals surface area (Å²) in [7, 11) is 0. The number of piperazine rings is 1. The van der Waals surface area contributed by atoms with E-state index in [1.807, 2.05) is 0 Å². The van der Waals surface area contributed by atoms with Gasteiger partial charge in [-0.3, -0.25) is 4.90 Å². The zero-order chi connectivity index (χ0) is 14.8. The van der Waals surface area contributed by atoms with E-state index in [1.54, 1.807) is 0 Å². The highest BCUT2D eigenvalue weighted by atomic mass is 15.3. The first kappa shape index (κ1) is 16.3. The summed E-state index contributed by atoms with van der Waals surface area (Å²) in [5, 5.41) is 0. The van der Waals surface area contributed by atoms with Crippen LogP contribution in [-0.2, 0) is 0 Å². The maximum atomic E-state index is 6.16. The quantitative estimate of drug-likeness (QED) is 0.863. The molecule has 0 amide bonds. The van der Waals surface area contributed by atoms with Crippen molar-refractivity contribution in [2.75, 3.05) is 39.3 Å². The average molecular weight is 281 g/mol. The van der Waals surface area contributed by atoms with Crippen molar-refractivity contribution in [1.29, 1.82) is 0 Å². The molecule has 2 aliphatic rings. The lowest BCUT2D eigenvalue weighted by Crippen LogP contribution is -2.56. The van der Waals surface area contributed by atoms with Gasteiger partial charge in [0.05, 0.1) is 0 Å². The monoisotopic (exact) mass is 281 g/mol. The molecule has 1 aliphatic carbocycles. The van der Waals surface area contributed by atoms with Crippen LogP contribution in [-0.4, -0.2) is 54.6 Å². The summed E-state index contributed by atoms with van der Waals surface area (Å²) >= 11 is 0. The van der Waals surface area contributed by atoms with E-state index in [9.17, 15) is 0 Å². The summed E-state index contributed by atoms with van der Waals surface area (Å²) in [6.45, 7) is 16.3. The predicted molar refractivity (Wildman–Crippen MR) is 86.9 cm³/mol. The van der Waals surface area contributed by atoms with Crippen molar-refractivity contribution in [1.82, 2.24) is 9.80 Å². The van der Waals surface area contributed by atoms with Crippen molar-refractivity contribution in [2.45, 2.75) is 58.9 Å². The third kappa shape index (κ3) is 3.96. The Morgan fingerprint density at radius 2 is 1.60 bits per heavy atom. The predicted octanol–water partition coefficient (Wildman–Crippen LogP) is 2.56. The van der Waals surface area contributed by atoms with E-state index in [0.29, 0.717) is 11.0 Å². The van der Waals surface area contributed by atoms with E-state index in [0.717, 1.165) is 12.5 Å². The highest BCUT2D eigenvalue weighted by molar-refractivity contribution is 4.90. The lowest BCUT2D eigenvalue weighted by molar-refractivity contribution is 0.0273. The molecule has 3 heteroatoms. The first-order chi connectivity index (χ1) is 9.35. The van der Waals surface area contributed by atoms with E-state index < -0.39 is 0 Å². The lowest BCUT2D eigenvalue weighted by atomic mass is 9.70. The fourth-order valence-electron chi connectivity index (χ4n) is 3.85. The molecule has 20 heavy (non-hydrogen) atoms. The summed E-state index contributed by atoms with van der Waals surface area (Å²) in [5.74, 6) is 0.910. The highest BCUT2D eigenvalue weighted by Crippen LogP contribution is 2.39. The fourth-order valence-corrected chi connectivity index (χ4v) is 3.85. The molecule has 118 valence electrons. The fraction of sp³-hybridized carbons (Fsp3) is 1.00. The molecule has 0 aromatic rings. The van der Waals surface area contributed by atoms with Crippen molar-refractivity contribution in [3.63, 3.8) is 0 Å². The minimum Gasteiger partial charge on any atom is -0.330 e. The van der Waals surface area contributed by atoms with Gasteiger partial charge in [0.15, 0.2) is 0 Å². The van der Waals surface area contributed by atoms with Gasteiger partial charge in [0.1, 0.15) is 0 Å². The minimum atomic E-state index is 0.317. The maximum absolute atomic E-state index is 6.16. The van der Waals surface area contributed by atoms with Gasteiger partial charge in [0.25, 0.3) is 0 Å². The van der Waals surface area contributed by atoms with Crippen LogP contribution in [0, 0.1) is 11.3 Å². The van der Waals surface area contributed by atoms with Gasteiger partial charge in [-0.15, -0.1) is 0 Å². The number of nitrogens with two attached hydrogens (primary N) is 1. The molecule has 1 saturated carbocycles. The molecule has 0 aromatic carbocycles. The van der Waals surface area contributed by atoms with Gasteiger partial charge in [-0.2, -0.15) is 0 Å². The van der Waals surface area contributed by atoms with Crippen LogP contribution in [0.25, 0.3) is 0 Å². The average Bonchev–Trinajstić information content (AvgIpc) is 2.41. The molecule has 0 atom stereocenters. The molecule has 0 aromatic heterocycles. The van der Waals surface area contributed by atoms with Gasteiger partial charge in [-0.1, -0.05) is 19.8 Å². The number of hydrogen-bond acceptors (Lipinski definition) is 3. The SMILES string of the molecule is CC1CCC(CN)(CN2CCN(C(C)(C)C)CC2)CC1. The largest absolute Gasteiger partial charge is 0.330 e. The molecule has 3 nitrogen and oxygen atoms in total. The molecular formula is C17H35N3. The number of rotatable bonds is 3. The summed E-state index contributed by atoms with van der Waals surface area (Å²) in [6.07, 6.45) is 5.42. The maximum Gasteiger partial charge on any atom is 0.0126 e. The van der Waals surface area contributed by atoms with Gasteiger partial charge < -0.3 is 10.6 Å². The van der Waals surface area contributed by atoms with E-state index in [2.05, 4.69) is 37.5 Å². The summed E-state index contributed by atoms with van der Waals surface area (Å²) in [6, 6.07) is 0. The van der Waals surface area contributed by atoms with E-state index in [4.69, 9.17) is 5.73 Å². The molecule has 1 saturated heterocycles. The van der Waals surface area contributed by atoms with Gasteiger partial charge in [0.2, 0.25) is 0 Å². The Morgan fingerprint density at radius 3 is 2.05 bits per heavy atom. The molecule has 0 spiro atoms. The van der Waals surface area contributed by atoms with Crippen LogP contribution < -0.4 is 5.73 Å². The molecule has 0 bridgehead atoms. The molecule has 2 rings (SSSR count). The van der Waals surface area contributed by atoms with E-state index in [-0.39, 0.29) is 0 Å². The summed E-state index contributed by atoms with van der Waals surface area (Å²) in [5.41, 5.74) is 6.89. The van der Waals surface area contributed by atoms with Gasteiger partial charge in [-0.25, -0.2) is 0 Å². The molecule has 2 fully saturated rings. The summed E-state index contributed by atoms with van der Waals surface area (Å²) in [4.78, 5) is 5.28. The van der Waals surface area contributed by atoms with Crippen LogP contribution in [0.4, 0.5) is 0 Å². The third-order valence-corrected chi connectivity index (χ3v) is 5.65. The zero-order valence-corrected chi connectivity index (χ0v) is 14.1. The Morgan fingerprint density at radius 1 is 1.05 bits per heavy atom. The Labute approximate surface area is 125 Å². The molecule has 2 N–H and O–H groups in total. The minimum absolute atomic E-state index is 0.317. The zero-order valence-electron chi connectivity index (χ0n) is 14.1. The van der Waals surface area contributed by atoms with Crippen LogP contribution in [0.1, 0.15) is 53.4 Å². The molecule has 0 unspecified atom stereocenters. The van der Waals surface area contributed by atoms with Crippen LogP contribution in [0.2, 0.25) is 0 Å². The van der Waals surface area contributed by atoms with E-state index >= 15 is 0 Å².